The van der Waals surface area contributed by atoms with E-state index in [0.29, 0.717) is 5.92 Å². The zero-order valence-corrected chi connectivity index (χ0v) is 11.9. The summed E-state index contributed by atoms with van der Waals surface area (Å²) in [4.78, 5) is 0.165. The van der Waals surface area contributed by atoms with Gasteiger partial charge in [0.25, 0.3) is 0 Å². The molecule has 2 atom stereocenters. The van der Waals surface area contributed by atoms with Crippen molar-refractivity contribution in [3.05, 3.63) is 35.4 Å². The third kappa shape index (κ3) is 2.05. The van der Waals surface area contributed by atoms with Crippen molar-refractivity contribution >= 4 is 16.8 Å². The molecule has 1 aromatic carbocycles. The van der Waals surface area contributed by atoms with Gasteiger partial charge in [-0.3, -0.25) is 5.43 Å². The van der Waals surface area contributed by atoms with Crippen LogP contribution < -0.4 is 5.43 Å². The van der Waals surface area contributed by atoms with Gasteiger partial charge in [-0.05, 0) is 25.7 Å². The van der Waals surface area contributed by atoms with Crippen molar-refractivity contribution in [2.75, 3.05) is 0 Å². The van der Waals surface area contributed by atoms with Gasteiger partial charge in [-0.2, -0.15) is 5.10 Å². The highest BCUT2D eigenvalue weighted by atomic mass is 32.2. The number of hydrazone groups is 1. The molecule has 1 aliphatic carbocycles. The lowest BCUT2D eigenvalue weighted by Crippen LogP contribution is -2.44. The minimum atomic E-state index is 0.165. The van der Waals surface area contributed by atoms with Crippen molar-refractivity contribution < 1.29 is 0 Å². The first-order chi connectivity index (χ1) is 8.70. The van der Waals surface area contributed by atoms with Crippen LogP contribution >= 0.6 is 11.8 Å². The highest BCUT2D eigenvalue weighted by molar-refractivity contribution is 8.15. The van der Waals surface area contributed by atoms with Crippen molar-refractivity contribution in [3.63, 3.8) is 0 Å². The molecule has 1 heterocycles. The van der Waals surface area contributed by atoms with Gasteiger partial charge in [0.1, 0.15) is 9.91 Å². The van der Waals surface area contributed by atoms with Gasteiger partial charge in [-0.15, -0.1) is 0 Å². The quantitative estimate of drug-likeness (QED) is 0.828. The van der Waals surface area contributed by atoms with Gasteiger partial charge in [-0.1, -0.05) is 61.4 Å². The Balaban J connectivity index is 1.79. The van der Waals surface area contributed by atoms with Crippen LogP contribution in [0.2, 0.25) is 0 Å². The van der Waals surface area contributed by atoms with Crippen molar-refractivity contribution in [1.82, 2.24) is 5.43 Å². The summed E-state index contributed by atoms with van der Waals surface area (Å²) >= 11 is 1.94. The third-order valence-electron chi connectivity index (χ3n) is 4.16. The van der Waals surface area contributed by atoms with Crippen LogP contribution in [0.25, 0.3) is 0 Å². The number of nitrogens with zero attached hydrogens (tertiary/aromatic N) is 1. The average Bonchev–Trinajstić information content (AvgIpc) is 2.80. The van der Waals surface area contributed by atoms with E-state index < -0.39 is 0 Å². The number of hydrogen-bond donors (Lipinski definition) is 1. The molecule has 2 unspecified atom stereocenters. The Hall–Kier alpha value is -0.960. The van der Waals surface area contributed by atoms with E-state index in [1.807, 2.05) is 11.8 Å². The Morgan fingerprint density at radius 1 is 1.28 bits per heavy atom. The van der Waals surface area contributed by atoms with E-state index in [0.717, 1.165) is 5.04 Å². The van der Waals surface area contributed by atoms with Gasteiger partial charge in [0.15, 0.2) is 0 Å². The molecule has 96 valence electrons. The molecule has 0 saturated heterocycles. The van der Waals surface area contributed by atoms with Crippen molar-refractivity contribution in [2.45, 2.75) is 44.4 Å². The smallest absolute Gasteiger partial charge is 0.126 e. The molecule has 0 radical (unpaired) electrons. The number of rotatable bonds is 1. The topological polar surface area (TPSA) is 24.4 Å². The standard InChI is InChI=1S/C15H20N2S/c1-11-6-8-13(9-7-11)14-16-17-15(18-14)10-4-3-5-12(15)2/h6-9,12,17H,3-5,10H2,1-2H3. The number of thioether (sulfide) groups is 1. The fraction of sp³-hybridized carbons (Fsp3) is 0.533. The Labute approximate surface area is 113 Å². The highest BCUT2D eigenvalue weighted by Gasteiger charge is 2.43. The lowest BCUT2D eigenvalue weighted by Gasteiger charge is -2.38. The molecule has 2 nitrogen and oxygen atoms in total. The van der Waals surface area contributed by atoms with E-state index in [1.54, 1.807) is 0 Å². The zero-order chi connectivity index (χ0) is 12.6. The Bertz CT molecular complexity index is 466. The number of hydrogen-bond acceptors (Lipinski definition) is 3. The lowest BCUT2D eigenvalue weighted by atomic mass is 9.85. The van der Waals surface area contributed by atoms with Gasteiger partial charge in [0, 0.05) is 5.56 Å². The highest BCUT2D eigenvalue weighted by Crippen LogP contribution is 2.46. The van der Waals surface area contributed by atoms with Crippen molar-refractivity contribution in [2.24, 2.45) is 11.0 Å². The molecule has 1 fully saturated rings. The fourth-order valence-corrected chi connectivity index (χ4v) is 4.17. The molecule has 1 aliphatic heterocycles. The monoisotopic (exact) mass is 260 g/mol. The molecule has 1 aromatic rings. The summed E-state index contributed by atoms with van der Waals surface area (Å²) in [6.07, 6.45) is 5.24. The van der Waals surface area contributed by atoms with Crippen molar-refractivity contribution in [1.29, 1.82) is 0 Å². The van der Waals surface area contributed by atoms with Crippen LogP contribution in [0.15, 0.2) is 29.4 Å². The summed E-state index contributed by atoms with van der Waals surface area (Å²) in [5, 5.41) is 5.75. The van der Waals surface area contributed by atoms with Gasteiger partial charge >= 0.3 is 0 Å². The molecule has 1 N–H and O–H groups in total. The maximum absolute atomic E-state index is 4.59. The van der Waals surface area contributed by atoms with E-state index in [4.69, 9.17) is 0 Å². The summed E-state index contributed by atoms with van der Waals surface area (Å²) in [6, 6.07) is 8.67. The van der Waals surface area contributed by atoms with Crippen molar-refractivity contribution in [3.8, 4) is 0 Å². The van der Waals surface area contributed by atoms with Crippen LogP contribution in [-0.4, -0.2) is 9.91 Å². The Kier molecular flexibility index (Phi) is 3.10. The molecule has 2 aliphatic rings. The number of nitrogens with one attached hydrogen (secondary N) is 1. The van der Waals surface area contributed by atoms with Crippen LogP contribution in [0.4, 0.5) is 0 Å². The molecular weight excluding hydrogens is 240 g/mol. The minimum Gasteiger partial charge on any atom is -0.292 e. The molecule has 3 heteroatoms. The average molecular weight is 260 g/mol. The van der Waals surface area contributed by atoms with Gasteiger partial charge in [0.2, 0.25) is 0 Å². The molecule has 0 bridgehead atoms. The van der Waals surface area contributed by atoms with E-state index >= 15 is 0 Å². The normalized spacial score (nSPS) is 31.2. The first-order valence-electron chi connectivity index (χ1n) is 6.80. The molecular formula is C15H20N2S. The predicted molar refractivity (Wildman–Crippen MR) is 78.8 cm³/mol. The summed E-state index contributed by atoms with van der Waals surface area (Å²) < 4.78 is 0. The van der Waals surface area contributed by atoms with Gasteiger partial charge in [-0.25, -0.2) is 0 Å². The number of aryl methyl sites for hydroxylation is 1. The number of benzene rings is 1. The second-order valence-corrected chi connectivity index (χ2v) is 6.85. The molecule has 18 heavy (non-hydrogen) atoms. The predicted octanol–water partition coefficient (Wildman–Crippen LogP) is 3.90. The summed E-state index contributed by atoms with van der Waals surface area (Å²) in [5.41, 5.74) is 5.98. The van der Waals surface area contributed by atoms with E-state index in [1.165, 1.54) is 36.8 Å². The molecule has 1 spiro atoms. The van der Waals surface area contributed by atoms with Crippen LogP contribution in [-0.2, 0) is 0 Å². The molecule has 0 amide bonds. The summed E-state index contributed by atoms with van der Waals surface area (Å²) in [7, 11) is 0. The second kappa shape index (κ2) is 4.61. The zero-order valence-electron chi connectivity index (χ0n) is 11.1. The van der Waals surface area contributed by atoms with E-state index in [-0.39, 0.29) is 4.87 Å². The first-order valence-corrected chi connectivity index (χ1v) is 7.62. The first kappa shape index (κ1) is 12.1. The fourth-order valence-electron chi connectivity index (χ4n) is 2.82. The maximum Gasteiger partial charge on any atom is 0.126 e. The van der Waals surface area contributed by atoms with Crippen LogP contribution in [0.1, 0.15) is 43.7 Å². The lowest BCUT2D eigenvalue weighted by molar-refractivity contribution is 0.257. The third-order valence-corrected chi connectivity index (χ3v) is 5.74. The van der Waals surface area contributed by atoms with Gasteiger partial charge < -0.3 is 0 Å². The molecule has 3 rings (SSSR count). The Morgan fingerprint density at radius 3 is 2.78 bits per heavy atom. The largest absolute Gasteiger partial charge is 0.292 e. The van der Waals surface area contributed by atoms with E-state index in [9.17, 15) is 0 Å². The van der Waals surface area contributed by atoms with E-state index in [2.05, 4.69) is 48.6 Å². The summed E-state index contributed by atoms with van der Waals surface area (Å²) in [5.74, 6) is 0.697. The Morgan fingerprint density at radius 2 is 2.06 bits per heavy atom. The second-order valence-electron chi connectivity index (χ2n) is 5.53. The van der Waals surface area contributed by atoms with Crippen LogP contribution in [0.3, 0.4) is 0 Å². The SMILES string of the molecule is Cc1ccc(C2=NNC3(CCCCC3C)S2)cc1. The summed E-state index contributed by atoms with van der Waals surface area (Å²) in [6.45, 7) is 4.48. The minimum absolute atomic E-state index is 0.165. The van der Waals surface area contributed by atoms with Gasteiger partial charge in [0.05, 0.1) is 0 Å². The van der Waals surface area contributed by atoms with Crippen LogP contribution in [0.5, 0.6) is 0 Å². The van der Waals surface area contributed by atoms with Crippen LogP contribution in [0, 0.1) is 12.8 Å². The maximum atomic E-state index is 4.59. The molecule has 0 aromatic heterocycles. The molecule has 1 saturated carbocycles.